The summed E-state index contributed by atoms with van der Waals surface area (Å²) in [6, 6.07) is 9.31. The van der Waals surface area contributed by atoms with Gasteiger partial charge < -0.3 is 10.3 Å². The maximum atomic E-state index is 5.85. The van der Waals surface area contributed by atoms with Gasteiger partial charge in [0.15, 0.2) is 0 Å². The summed E-state index contributed by atoms with van der Waals surface area (Å²) in [4.78, 5) is 8.83. The number of nitrogens with zero attached hydrogens (tertiary/aromatic N) is 3. The lowest BCUT2D eigenvalue weighted by Gasteiger charge is -2.02. The molecular weight excluding hydrogens is 332 g/mol. The van der Waals surface area contributed by atoms with E-state index in [1.165, 1.54) is 0 Å². The van der Waals surface area contributed by atoms with Gasteiger partial charge in [0.2, 0.25) is 11.7 Å². The number of nitrogens with two attached hydrogens (primary N) is 1. The lowest BCUT2D eigenvalue weighted by atomic mass is 10.2. The molecule has 0 spiro atoms. The first-order valence-corrected chi connectivity index (χ1v) is 7.06. The first-order valence-electron chi connectivity index (χ1n) is 6.27. The van der Waals surface area contributed by atoms with Crippen LogP contribution in [0.5, 0.6) is 0 Å². The van der Waals surface area contributed by atoms with Crippen molar-refractivity contribution in [3.8, 4) is 23.9 Å². The zero-order valence-electron chi connectivity index (χ0n) is 11.0. The molecule has 1 unspecified atom stereocenters. The fourth-order valence-corrected chi connectivity index (χ4v) is 2.46. The molecule has 0 amide bonds. The van der Waals surface area contributed by atoms with Crippen LogP contribution >= 0.6 is 15.9 Å². The highest BCUT2D eigenvalue weighted by Crippen LogP contribution is 2.28. The van der Waals surface area contributed by atoms with E-state index in [-0.39, 0.29) is 0 Å². The Hall–Kier alpha value is -2.23. The van der Waals surface area contributed by atoms with Crippen molar-refractivity contribution in [3.63, 3.8) is 0 Å². The van der Waals surface area contributed by atoms with Crippen LogP contribution in [0.15, 0.2) is 39.3 Å². The molecule has 21 heavy (non-hydrogen) atoms. The largest absolute Gasteiger partial charge is 0.337 e. The van der Waals surface area contributed by atoms with Crippen LogP contribution in [0.2, 0.25) is 0 Å². The number of terminal acetylenes is 1. The average Bonchev–Trinajstić information content (AvgIpc) is 2.96. The second-order valence-corrected chi connectivity index (χ2v) is 5.34. The number of fused-ring (bicyclic) bond motifs is 1. The van der Waals surface area contributed by atoms with Gasteiger partial charge >= 0.3 is 0 Å². The van der Waals surface area contributed by atoms with E-state index >= 15 is 0 Å². The molecule has 2 heterocycles. The summed E-state index contributed by atoms with van der Waals surface area (Å²) in [5.74, 6) is 3.17. The Balaban J connectivity index is 2.04. The molecule has 6 heteroatoms. The van der Waals surface area contributed by atoms with Crippen molar-refractivity contribution in [1.29, 1.82) is 0 Å². The molecule has 2 N–H and O–H groups in total. The standard InChI is InChI=1S/C15H11BrN4O/c1-2-5-11(17)15-19-14(20-21-15)13-10(16)8-9-6-3-4-7-12(9)18-13/h1,3-4,6-8,11H,5,17H2. The fraction of sp³-hybridized carbons (Fsp3) is 0.133. The lowest BCUT2D eigenvalue weighted by molar-refractivity contribution is 0.356. The molecule has 0 aliphatic heterocycles. The quantitative estimate of drug-likeness (QED) is 0.740. The van der Waals surface area contributed by atoms with E-state index < -0.39 is 6.04 Å². The second-order valence-electron chi connectivity index (χ2n) is 4.48. The molecule has 0 bridgehead atoms. The van der Waals surface area contributed by atoms with Crippen molar-refractivity contribution in [2.45, 2.75) is 12.5 Å². The maximum Gasteiger partial charge on any atom is 0.244 e. The molecule has 0 saturated heterocycles. The number of halogens is 1. The van der Waals surface area contributed by atoms with Crippen molar-refractivity contribution in [2.75, 3.05) is 0 Å². The zero-order valence-corrected chi connectivity index (χ0v) is 12.5. The summed E-state index contributed by atoms with van der Waals surface area (Å²) in [5, 5.41) is 4.96. The molecular formula is C15H11BrN4O. The van der Waals surface area contributed by atoms with Gasteiger partial charge in [0.1, 0.15) is 5.69 Å². The van der Waals surface area contributed by atoms with E-state index in [1.807, 2.05) is 30.3 Å². The van der Waals surface area contributed by atoms with Crippen molar-refractivity contribution in [3.05, 3.63) is 40.7 Å². The number of aromatic nitrogens is 3. The summed E-state index contributed by atoms with van der Waals surface area (Å²) < 4.78 is 5.95. The van der Waals surface area contributed by atoms with Crippen molar-refractivity contribution in [2.24, 2.45) is 5.73 Å². The van der Waals surface area contributed by atoms with Crippen molar-refractivity contribution < 1.29 is 4.52 Å². The van der Waals surface area contributed by atoms with Crippen LogP contribution in [0.25, 0.3) is 22.4 Å². The van der Waals surface area contributed by atoms with Gasteiger partial charge in [-0.05, 0) is 28.1 Å². The molecule has 3 rings (SSSR count). The van der Waals surface area contributed by atoms with Gasteiger partial charge in [0, 0.05) is 16.3 Å². The Morgan fingerprint density at radius 2 is 2.14 bits per heavy atom. The third-order valence-corrected chi connectivity index (χ3v) is 3.59. The molecule has 1 atom stereocenters. The number of hydrogen-bond acceptors (Lipinski definition) is 5. The predicted octanol–water partition coefficient (Wildman–Crippen LogP) is 3.07. The predicted molar refractivity (Wildman–Crippen MR) is 83.1 cm³/mol. The molecule has 3 aromatic rings. The number of benzene rings is 1. The number of rotatable bonds is 3. The Morgan fingerprint density at radius 3 is 2.95 bits per heavy atom. The Labute approximate surface area is 129 Å². The summed E-state index contributed by atoms with van der Waals surface area (Å²) in [6.45, 7) is 0. The smallest absolute Gasteiger partial charge is 0.244 e. The molecule has 0 fully saturated rings. The highest BCUT2D eigenvalue weighted by molar-refractivity contribution is 9.10. The first-order chi connectivity index (χ1) is 10.2. The van der Waals surface area contributed by atoms with E-state index in [9.17, 15) is 0 Å². The molecule has 2 aromatic heterocycles. The molecule has 0 radical (unpaired) electrons. The van der Waals surface area contributed by atoms with E-state index in [0.29, 0.717) is 23.8 Å². The van der Waals surface area contributed by atoms with E-state index in [1.54, 1.807) is 0 Å². The van der Waals surface area contributed by atoms with Crippen molar-refractivity contribution in [1.82, 2.24) is 15.1 Å². The average molecular weight is 343 g/mol. The third-order valence-electron chi connectivity index (χ3n) is 2.99. The Morgan fingerprint density at radius 1 is 1.33 bits per heavy atom. The van der Waals surface area contributed by atoms with Crippen LogP contribution in [0, 0.1) is 12.3 Å². The SMILES string of the molecule is C#CCC(N)c1nc(-c2nc3ccccc3cc2Br)no1. The summed E-state index contributed by atoms with van der Waals surface area (Å²) in [6.07, 6.45) is 5.57. The molecule has 0 saturated carbocycles. The highest BCUT2D eigenvalue weighted by atomic mass is 79.9. The van der Waals surface area contributed by atoms with Crippen LogP contribution in [-0.2, 0) is 0 Å². The third kappa shape index (κ3) is 2.66. The Kier molecular flexibility index (Phi) is 3.69. The first kappa shape index (κ1) is 13.7. The van der Waals surface area contributed by atoms with Gasteiger partial charge in [-0.1, -0.05) is 23.4 Å². The summed E-state index contributed by atoms with van der Waals surface area (Å²) in [7, 11) is 0. The maximum absolute atomic E-state index is 5.85. The van der Waals surface area contributed by atoms with Gasteiger partial charge in [-0.25, -0.2) is 4.98 Å². The highest BCUT2D eigenvalue weighted by Gasteiger charge is 2.17. The second kappa shape index (κ2) is 5.64. The van der Waals surface area contributed by atoms with Gasteiger partial charge in [-0.3, -0.25) is 0 Å². The normalized spacial score (nSPS) is 12.2. The van der Waals surface area contributed by atoms with Gasteiger partial charge in [-0.2, -0.15) is 4.98 Å². The minimum absolute atomic E-state index is 0.310. The molecule has 0 aliphatic carbocycles. The van der Waals surface area contributed by atoms with Crippen LogP contribution in [-0.4, -0.2) is 15.1 Å². The zero-order chi connectivity index (χ0) is 14.8. The van der Waals surface area contributed by atoms with E-state index in [0.717, 1.165) is 15.4 Å². The Bertz CT molecular complexity index is 837. The van der Waals surface area contributed by atoms with E-state index in [2.05, 4.69) is 37.0 Å². The van der Waals surface area contributed by atoms with E-state index in [4.69, 9.17) is 16.7 Å². The monoisotopic (exact) mass is 342 g/mol. The molecule has 104 valence electrons. The van der Waals surface area contributed by atoms with Crippen LogP contribution in [0.3, 0.4) is 0 Å². The number of hydrogen-bond donors (Lipinski definition) is 1. The minimum Gasteiger partial charge on any atom is -0.337 e. The number of pyridine rings is 1. The van der Waals surface area contributed by atoms with Gasteiger partial charge in [0.05, 0.1) is 11.6 Å². The van der Waals surface area contributed by atoms with Crippen LogP contribution < -0.4 is 5.73 Å². The van der Waals surface area contributed by atoms with Crippen LogP contribution in [0.4, 0.5) is 0 Å². The fourth-order valence-electron chi connectivity index (χ4n) is 1.94. The lowest BCUT2D eigenvalue weighted by Crippen LogP contribution is -2.09. The summed E-state index contributed by atoms with van der Waals surface area (Å²) in [5.41, 5.74) is 7.32. The van der Waals surface area contributed by atoms with Gasteiger partial charge in [-0.15, -0.1) is 12.3 Å². The molecule has 0 aliphatic rings. The molecule has 5 nitrogen and oxygen atoms in total. The van der Waals surface area contributed by atoms with Gasteiger partial charge in [0.25, 0.3) is 0 Å². The molecule has 1 aromatic carbocycles. The number of para-hydroxylation sites is 1. The topological polar surface area (TPSA) is 77.8 Å². The van der Waals surface area contributed by atoms with Crippen LogP contribution in [0.1, 0.15) is 18.4 Å². The summed E-state index contributed by atoms with van der Waals surface area (Å²) >= 11 is 3.48. The van der Waals surface area contributed by atoms with Crippen molar-refractivity contribution >= 4 is 26.8 Å². The minimum atomic E-state index is -0.463.